The maximum absolute atomic E-state index is 11.8. The second-order valence-electron chi connectivity index (χ2n) is 4.50. The van der Waals surface area contributed by atoms with Gasteiger partial charge in [-0.2, -0.15) is 0 Å². The number of H-pyrrole nitrogens is 1. The average Bonchev–Trinajstić information content (AvgIpc) is 2.82. The van der Waals surface area contributed by atoms with Crippen LogP contribution in [-0.2, 0) is 17.8 Å². The number of carbonyl (C=O) groups is 1. The van der Waals surface area contributed by atoms with Crippen molar-refractivity contribution in [1.29, 1.82) is 0 Å². The van der Waals surface area contributed by atoms with Crippen molar-refractivity contribution < 1.29 is 9.53 Å². The van der Waals surface area contributed by atoms with E-state index in [0.717, 1.165) is 22.6 Å². The number of aromatic amines is 1. The molecule has 100 valence electrons. The summed E-state index contributed by atoms with van der Waals surface area (Å²) in [4.78, 5) is 14.9. The number of aryl methyl sites for hydroxylation is 1. The molecule has 0 spiro atoms. The van der Waals surface area contributed by atoms with Gasteiger partial charge >= 0.3 is 0 Å². The summed E-state index contributed by atoms with van der Waals surface area (Å²) in [6, 6.07) is 9.65. The van der Waals surface area contributed by atoms with Crippen molar-refractivity contribution >= 4 is 5.91 Å². The van der Waals surface area contributed by atoms with E-state index in [1.54, 1.807) is 7.11 Å². The van der Waals surface area contributed by atoms with E-state index in [1.807, 2.05) is 43.5 Å². The summed E-state index contributed by atoms with van der Waals surface area (Å²) < 4.78 is 5.14. The number of nitrogens with one attached hydrogen (secondary N) is 2. The van der Waals surface area contributed by atoms with E-state index in [9.17, 15) is 4.79 Å². The minimum Gasteiger partial charge on any atom is -0.497 e. The molecule has 2 aromatic rings. The number of methoxy groups -OCH3 is 1. The first-order valence-electron chi connectivity index (χ1n) is 6.21. The Morgan fingerprint density at radius 3 is 2.84 bits per heavy atom. The van der Waals surface area contributed by atoms with Gasteiger partial charge in [0.2, 0.25) is 5.91 Å². The number of rotatable bonds is 5. The summed E-state index contributed by atoms with van der Waals surface area (Å²) >= 11 is 0. The smallest absolute Gasteiger partial charge is 0.224 e. The van der Waals surface area contributed by atoms with Crippen LogP contribution in [0.25, 0.3) is 0 Å². The summed E-state index contributed by atoms with van der Waals surface area (Å²) in [5.74, 6) is 0.815. The monoisotopic (exact) mass is 258 g/mol. The number of benzene rings is 1. The second kappa shape index (κ2) is 6.09. The Balaban J connectivity index is 1.86. The summed E-state index contributed by atoms with van der Waals surface area (Å²) in [6.07, 6.45) is 2.26. The predicted octanol–water partition coefficient (Wildman–Crippen LogP) is 2.19. The molecule has 1 aromatic carbocycles. The fraction of sp³-hybridized carbons (Fsp3) is 0.267. The molecule has 0 radical (unpaired) electrons. The highest BCUT2D eigenvalue weighted by atomic mass is 16.5. The van der Waals surface area contributed by atoms with Crippen molar-refractivity contribution in [3.8, 4) is 5.75 Å². The molecule has 0 aliphatic carbocycles. The minimum atomic E-state index is 0.0156. The van der Waals surface area contributed by atoms with Crippen LogP contribution in [0.5, 0.6) is 5.75 Å². The van der Waals surface area contributed by atoms with Crippen LogP contribution in [0.2, 0.25) is 0 Å². The van der Waals surface area contributed by atoms with Gasteiger partial charge in [0.15, 0.2) is 0 Å². The Morgan fingerprint density at radius 2 is 2.16 bits per heavy atom. The first kappa shape index (κ1) is 13.2. The highest BCUT2D eigenvalue weighted by Gasteiger charge is 2.05. The second-order valence-corrected chi connectivity index (χ2v) is 4.50. The minimum absolute atomic E-state index is 0.0156. The molecular weight excluding hydrogens is 240 g/mol. The Labute approximate surface area is 112 Å². The number of aromatic nitrogens is 1. The van der Waals surface area contributed by atoms with E-state index >= 15 is 0 Å². The normalized spacial score (nSPS) is 10.2. The van der Waals surface area contributed by atoms with Gasteiger partial charge in [-0.1, -0.05) is 12.1 Å². The van der Waals surface area contributed by atoms with Crippen LogP contribution in [0, 0.1) is 6.92 Å². The molecule has 1 heterocycles. The van der Waals surface area contributed by atoms with Crippen molar-refractivity contribution in [1.82, 2.24) is 10.3 Å². The van der Waals surface area contributed by atoms with Crippen LogP contribution in [0.4, 0.5) is 0 Å². The van der Waals surface area contributed by atoms with Crippen LogP contribution in [-0.4, -0.2) is 18.0 Å². The fourth-order valence-electron chi connectivity index (χ4n) is 1.90. The third kappa shape index (κ3) is 3.88. The van der Waals surface area contributed by atoms with Crippen molar-refractivity contribution in [3.05, 3.63) is 53.3 Å². The molecule has 1 aromatic heterocycles. The number of carbonyl (C=O) groups excluding carboxylic acids is 1. The molecule has 0 saturated heterocycles. The summed E-state index contributed by atoms with van der Waals surface area (Å²) in [7, 11) is 1.63. The molecule has 2 N–H and O–H groups in total. The van der Waals surface area contributed by atoms with Gasteiger partial charge in [-0.3, -0.25) is 4.79 Å². The molecular formula is C15H18N2O2. The Kier molecular flexibility index (Phi) is 4.23. The predicted molar refractivity (Wildman–Crippen MR) is 74.1 cm³/mol. The Hall–Kier alpha value is -2.23. The SMILES string of the molecule is COc1cccc(CNC(=O)Cc2c[nH]c(C)c2)c1. The Bertz CT molecular complexity index is 561. The molecule has 19 heavy (non-hydrogen) atoms. The van der Waals surface area contributed by atoms with Crippen molar-refractivity contribution in [2.24, 2.45) is 0 Å². The molecule has 0 saturated carbocycles. The van der Waals surface area contributed by atoms with Gasteiger partial charge in [0, 0.05) is 18.4 Å². The van der Waals surface area contributed by atoms with Crippen LogP contribution in [0.15, 0.2) is 36.5 Å². The van der Waals surface area contributed by atoms with Gasteiger partial charge in [-0.05, 0) is 36.2 Å². The maximum atomic E-state index is 11.8. The molecule has 2 rings (SSSR count). The number of ether oxygens (including phenoxy) is 1. The lowest BCUT2D eigenvalue weighted by molar-refractivity contribution is -0.120. The lowest BCUT2D eigenvalue weighted by atomic mass is 10.2. The Morgan fingerprint density at radius 1 is 1.32 bits per heavy atom. The molecule has 0 fully saturated rings. The van der Waals surface area contributed by atoms with Crippen LogP contribution in [0.1, 0.15) is 16.8 Å². The van der Waals surface area contributed by atoms with E-state index in [4.69, 9.17) is 4.74 Å². The summed E-state index contributed by atoms with van der Waals surface area (Å²) in [5, 5.41) is 2.90. The average molecular weight is 258 g/mol. The quantitative estimate of drug-likeness (QED) is 0.863. The van der Waals surface area contributed by atoms with E-state index in [0.29, 0.717) is 13.0 Å². The maximum Gasteiger partial charge on any atom is 0.224 e. The van der Waals surface area contributed by atoms with Crippen LogP contribution < -0.4 is 10.1 Å². The van der Waals surface area contributed by atoms with Gasteiger partial charge in [0.25, 0.3) is 0 Å². The zero-order valence-corrected chi connectivity index (χ0v) is 11.2. The molecule has 4 heteroatoms. The number of hydrogen-bond acceptors (Lipinski definition) is 2. The molecule has 0 aliphatic heterocycles. The highest BCUT2D eigenvalue weighted by molar-refractivity contribution is 5.78. The van der Waals surface area contributed by atoms with Gasteiger partial charge in [-0.25, -0.2) is 0 Å². The number of hydrogen-bond donors (Lipinski definition) is 2. The zero-order chi connectivity index (χ0) is 13.7. The molecule has 0 aliphatic rings. The van der Waals surface area contributed by atoms with Crippen LogP contribution >= 0.6 is 0 Å². The topological polar surface area (TPSA) is 54.1 Å². The van der Waals surface area contributed by atoms with Crippen molar-refractivity contribution in [2.75, 3.05) is 7.11 Å². The summed E-state index contributed by atoms with van der Waals surface area (Å²) in [5.41, 5.74) is 3.09. The molecule has 1 amide bonds. The van der Waals surface area contributed by atoms with Crippen molar-refractivity contribution in [3.63, 3.8) is 0 Å². The standard InChI is InChI=1S/C15H18N2O2/c1-11-6-13(10-16-11)8-15(18)17-9-12-4-3-5-14(7-12)19-2/h3-7,10,16H,8-9H2,1-2H3,(H,17,18). The molecule has 0 bridgehead atoms. The lowest BCUT2D eigenvalue weighted by Gasteiger charge is -2.06. The van der Waals surface area contributed by atoms with E-state index < -0.39 is 0 Å². The zero-order valence-electron chi connectivity index (χ0n) is 11.2. The van der Waals surface area contributed by atoms with Crippen LogP contribution in [0.3, 0.4) is 0 Å². The third-order valence-electron chi connectivity index (χ3n) is 2.88. The van der Waals surface area contributed by atoms with Crippen molar-refractivity contribution in [2.45, 2.75) is 19.9 Å². The molecule has 0 atom stereocenters. The lowest BCUT2D eigenvalue weighted by Crippen LogP contribution is -2.24. The number of amides is 1. The molecule has 0 unspecified atom stereocenters. The van der Waals surface area contributed by atoms with E-state index in [2.05, 4.69) is 10.3 Å². The van der Waals surface area contributed by atoms with Gasteiger partial charge in [0.1, 0.15) is 5.75 Å². The van der Waals surface area contributed by atoms with Gasteiger partial charge in [0.05, 0.1) is 13.5 Å². The first-order valence-corrected chi connectivity index (χ1v) is 6.21. The van der Waals surface area contributed by atoms with Gasteiger partial charge in [-0.15, -0.1) is 0 Å². The summed E-state index contributed by atoms with van der Waals surface area (Å²) in [6.45, 7) is 2.48. The molecule has 4 nitrogen and oxygen atoms in total. The largest absolute Gasteiger partial charge is 0.497 e. The first-order chi connectivity index (χ1) is 9.17. The third-order valence-corrected chi connectivity index (χ3v) is 2.88. The van der Waals surface area contributed by atoms with E-state index in [1.165, 1.54) is 0 Å². The highest BCUT2D eigenvalue weighted by Crippen LogP contribution is 2.12. The fourth-order valence-corrected chi connectivity index (χ4v) is 1.90. The van der Waals surface area contributed by atoms with E-state index in [-0.39, 0.29) is 5.91 Å². The van der Waals surface area contributed by atoms with Gasteiger partial charge < -0.3 is 15.0 Å².